The van der Waals surface area contributed by atoms with E-state index < -0.39 is 22.0 Å². The van der Waals surface area contributed by atoms with Crippen molar-refractivity contribution in [1.82, 2.24) is 10.9 Å². The molecule has 11 heteroatoms. The molecule has 4 rings (SSSR count). The summed E-state index contributed by atoms with van der Waals surface area (Å²) in [4.78, 5) is 0. The fraction of sp³-hybridized carbons (Fsp3) is 0.0667. The van der Waals surface area contributed by atoms with Gasteiger partial charge in [-0.25, -0.2) is 0 Å². The first kappa shape index (κ1) is 31.0. The van der Waals surface area contributed by atoms with Crippen molar-refractivity contribution in [3.8, 4) is 11.5 Å². The van der Waals surface area contributed by atoms with Crippen molar-refractivity contribution in [3.63, 3.8) is 0 Å². The Balaban J connectivity index is 1.23. The molecule has 0 aliphatic rings. The van der Waals surface area contributed by atoms with Gasteiger partial charge in [-0.15, -0.1) is 0 Å². The molecular weight excluding hydrogens is 695 g/mol. The van der Waals surface area contributed by atoms with Crippen LogP contribution in [0.1, 0.15) is 22.3 Å². The first-order chi connectivity index (χ1) is 20.2. The molecule has 0 aliphatic carbocycles. The Morgan fingerprint density at radius 1 is 0.610 bits per heavy atom. The second-order valence-corrected chi connectivity index (χ2v) is 13.2. The second kappa shape index (κ2) is 17.8. The Bertz CT molecular complexity index is 1360. The van der Waals surface area contributed by atoms with E-state index in [1.807, 2.05) is 84.9 Å². The van der Waals surface area contributed by atoms with E-state index in [4.69, 9.17) is 30.6 Å². The number of para-hydroxylation sites is 2. The van der Waals surface area contributed by atoms with Gasteiger partial charge in [-0.2, -0.15) is 0 Å². The standard InChI is InChI=1S/2C15H14N2OS2.Sn/c2*18-14-9-5-4-8-13(14)10-16-17-15(19)20-11-12-6-2-1-3-7-12;/h2*1-10,18H,11H2,(H,17,19);/q;;+2/p-2. The summed E-state index contributed by atoms with van der Waals surface area (Å²) in [7, 11) is 0. The van der Waals surface area contributed by atoms with E-state index in [-0.39, 0.29) is 0 Å². The van der Waals surface area contributed by atoms with E-state index in [0.717, 1.165) is 22.6 Å². The Morgan fingerprint density at radius 2 is 1.00 bits per heavy atom. The van der Waals surface area contributed by atoms with Crippen LogP contribution in [0.25, 0.3) is 0 Å². The number of benzene rings is 4. The minimum atomic E-state index is -1.72. The van der Waals surface area contributed by atoms with Gasteiger partial charge in [0.25, 0.3) is 0 Å². The van der Waals surface area contributed by atoms with E-state index in [9.17, 15) is 0 Å². The molecule has 4 aromatic rings. The molecule has 0 unspecified atom stereocenters. The molecule has 0 atom stereocenters. The third kappa shape index (κ3) is 11.5. The van der Waals surface area contributed by atoms with Crippen molar-refractivity contribution in [1.29, 1.82) is 0 Å². The summed E-state index contributed by atoms with van der Waals surface area (Å²) in [6, 6.07) is 35.7. The van der Waals surface area contributed by atoms with Crippen molar-refractivity contribution < 1.29 is 6.15 Å². The molecule has 206 valence electrons. The van der Waals surface area contributed by atoms with Crippen molar-refractivity contribution >= 4 is 91.0 Å². The van der Waals surface area contributed by atoms with Gasteiger partial charge in [0, 0.05) is 0 Å². The van der Waals surface area contributed by atoms with Crippen LogP contribution in [0.5, 0.6) is 11.5 Å². The van der Waals surface area contributed by atoms with Gasteiger partial charge in [-0.05, 0) is 0 Å². The fourth-order valence-electron chi connectivity index (χ4n) is 3.29. The van der Waals surface area contributed by atoms with E-state index >= 15 is 0 Å². The molecule has 4 aromatic carbocycles. The van der Waals surface area contributed by atoms with Gasteiger partial charge in [0.1, 0.15) is 0 Å². The third-order valence-electron chi connectivity index (χ3n) is 5.29. The molecule has 2 radical (unpaired) electrons. The molecule has 2 N–H and O–H groups in total. The van der Waals surface area contributed by atoms with Crippen LogP contribution in [0.15, 0.2) is 119 Å². The van der Waals surface area contributed by atoms with E-state index in [1.54, 1.807) is 12.4 Å². The van der Waals surface area contributed by atoms with Crippen LogP contribution in [-0.4, -0.2) is 43.0 Å². The van der Waals surface area contributed by atoms with Gasteiger partial charge in [0.15, 0.2) is 0 Å². The Kier molecular flexibility index (Phi) is 13.5. The average Bonchev–Trinajstić information content (AvgIpc) is 3.01. The number of hydrazone groups is 2. The Labute approximate surface area is 270 Å². The summed E-state index contributed by atoms with van der Waals surface area (Å²) in [5.41, 5.74) is 9.93. The summed E-state index contributed by atoms with van der Waals surface area (Å²) in [5.74, 6) is 2.99. The number of hydrogen-bond donors (Lipinski definition) is 2. The Morgan fingerprint density at radius 3 is 1.44 bits per heavy atom. The van der Waals surface area contributed by atoms with Crippen molar-refractivity contribution in [2.24, 2.45) is 10.2 Å². The first-order valence-corrected chi connectivity index (χ1v) is 17.6. The van der Waals surface area contributed by atoms with Gasteiger partial charge in [-0.3, -0.25) is 0 Å². The van der Waals surface area contributed by atoms with Gasteiger partial charge < -0.3 is 0 Å². The second-order valence-electron chi connectivity index (χ2n) is 8.23. The Hall–Kier alpha value is -2.90. The molecule has 0 aromatic heterocycles. The van der Waals surface area contributed by atoms with Gasteiger partial charge in [-0.1, -0.05) is 12.1 Å². The molecule has 0 heterocycles. The molecule has 0 amide bonds. The van der Waals surface area contributed by atoms with Crippen LogP contribution < -0.4 is 17.0 Å². The first-order valence-electron chi connectivity index (χ1n) is 12.4. The molecule has 0 saturated carbocycles. The van der Waals surface area contributed by atoms with Crippen LogP contribution in [0.2, 0.25) is 0 Å². The number of rotatable bonds is 12. The zero-order chi connectivity index (χ0) is 28.5. The zero-order valence-electron chi connectivity index (χ0n) is 21.8. The van der Waals surface area contributed by atoms with Crippen LogP contribution in [0, 0.1) is 0 Å². The zero-order valence-corrected chi connectivity index (χ0v) is 27.9. The van der Waals surface area contributed by atoms with E-state index in [0.29, 0.717) is 20.1 Å². The van der Waals surface area contributed by atoms with E-state index in [1.165, 1.54) is 34.7 Å². The van der Waals surface area contributed by atoms with Gasteiger partial charge >= 0.3 is 261 Å². The molecule has 0 saturated heterocycles. The number of thiocarbonyl (C=S) groups is 2. The van der Waals surface area contributed by atoms with Crippen LogP contribution in [-0.2, 0) is 11.5 Å². The van der Waals surface area contributed by atoms with E-state index in [2.05, 4.69) is 45.3 Å². The average molecular weight is 722 g/mol. The minimum absolute atomic E-state index is 0.603. The summed E-state index contributed by atoms with van der Waals surface area (Å²) in [5, 5.41) is 8.60. The molecular formula is C30H26N4O2S4Sn. The predicted molar refractivity (Wildman–Crippen MR) is 182 cm³/mol. The maximum absolute atomic E-state index is 6.08. The van der Waals surface area contributed by atoms with Gasteiger partial charge in [0.05, 0.1) is 0 Å². The quantitative estimate of drug-likeness (QED) is 0.0705. The monoisotopic (exact) mass is 722 g/mol. The topological polar surface area (TPSA) is 67.2 Å². The molecule has 0 bridgehead atoms. The summed E-state index contributed by atoms with van der Waals surface area (Å²) >= 11 is 12.1. The number of hydrogen-bond acceptors (Lipinski definition) is 8. The third-order valence-corrected chi connectivity index (χ3v) is 9.57. The fourth-order valence-corrected chi connectivity index (χ4v) is 6.66. The molecule has 0 aliphatic heterocycles. The number of nitrogens with one attached hydrogen (secondary N) is 2. The molecule has 0 fully saturated rings. The summed E-state index contributed by atoms with van der Waals surface area (Å²) < 4.78 is 13.4. The van der Waals surface area contributed by atoms with Crippen LogP contribution in [0.3, 0.4) is 0 Å². The number of thioether (sulfide) groups is 2. The number of nitrogens with zero attached hydrogens (tertiary/aromatic N) is 2. The van der Waals surface area contributed by atoms with Gasteiger partial charge in [0.2, 0.25) is 0 Å². The SMILES string of the molecule is S=C(NN=Cc1ccccc1[O][Sn][O]c1ccccc1C=NNC(=S)SCc1ccccc1)SCc1ccccc1. The normalized spacial score (nSPS) is 10.9. The molecule has 0 spiro atoms. The van der Waals surface area contributed by atoms with Crippen molar-refractivity contribution in [3.05, 3.63) is 131 Å². The summed E-state index contributed by atoms with van der Waals surface area (Å²) in [6.45, 7) is 0. The van der Waals surface area contributed by atoms with Crippen molar-refractivity contribution in [2.45, 2.75) is 11.5 Å². The predicted octanol–water partition coefficient (Wildman–Crippen LogP) is 6.96. The van der Waals surface area contributed by atoms with Crippen molar-refractivity contribution in [2.75, 3.05) is 0 Å². The van der Waals surface area contributed by atoms with Crippen LogP contribution in [0.4, 0.5) is 0 Å². The maximum atomic E-state index is 6.08. The summed E-state index contributed by atoms with van der Waals surface area (Å²) in [6.07, 6.45) is 3.41. The molecule has 6 nitrogen and oxygen atoms in total. The molecule has 41 heavy (non-hydrogen) atoms. The van der Waals surface area contributed by atoms with Crippen LogP contribution >= 0.6 is 48.0 Å².